The molecule has 1 heterocycles. The Kier molecular flexibility index (Phi) is 2.09. The van der Waals surface area contributed by atoms with Crippen LogP contribution in [0.1, 0.15) is 35.7 Å². The standard InChI is InChI=1S/C17H16O2/c1-17-9-4-5-11-8-10-19-15(14(11)17)12-6-2-3-7-13(12)16(17)18/h2-7,11H,8-10H2,1H3/t11-,17-/m1/s1. The van der Waals surface area contributed by atoms with Gasteiger partial charge in [-0.1, -0.05) is 36.4 Å². The molecule has 19 heavy (non-hydrogen) atoms. The van der Waals surface area contributed by atoms with Crippen molar-refractivity contribution in [1.29, 1.82) is 0 Å². The number of rotatable bonds is 0. The molecular formula is C17H16O2. The zero-order valence-corrected chi connectivity index (χ0v) is 11.0. The second-order valence-electron chi connectivity index (χ2n) is 5.83. The number of hydrogen-bond donors (Lipinski definition) is 0. The number of hydrogen-bond acceptors (Lipinski definition) is 2. The van der Waals surface area contributed by atoms with Crippen LogP contribution < -0.4 is 0 Å². The fourth-order valence-corrected chi connectivity index (χ4v) is 3.72. The summed E-state index contributed by atoms with van der Waals surface area (Å²) in [7, 11) is 0. The second-order valence-corrected chi connectivity index (χ2v) is 5.83. The highest BCUT2D eigenvalue weighted by Crippen LogP contribution is 2.53. The van der Waals surface area contributed by atoms with Crippen molar-refractivity contribution < 1.29 is 9.53 Å². The van der Waals surface area contributed by atoms with Gasteiger partial charge in [-0.15, -0.1) is 0 Å². The highest BCUT2D eigenvalue weighted by atomic mass is 16.5. The Morgan fingerprint density at radius 3 is 2.89 bits per heavy atom. The van der Waals surface area contributed by atoms with Gasteiger partial charge in [0.1, 0.15) is 5.76 Å². The number of Topliss-reactive ketones (excluding diaryl/α,β-unsaturated/α-hetero) is 1. The third kappa shape index (κ3) is 1.29. The number of benzene rings is 1. The minimum absolute atomic E-state index is 0.252. The van der Waals surface area contributed by atoms with Gasteiger partial charge in [0.2, 0.25) is 0 Å². The monoisotopic (exact) mass is 252 g/mol. The molecular weight excluding hydrogens is 236 g/mol. The van der Waals surface area contributed by atoms with Gasteiger partial charge in [0.25, 0.3) is 0 Å². The summed E-state index contributed by atoms with van der Waals surface area (Å²) in [5.41, 5.74) is 2.62. The minimum atomic E-state index is -0.399. The van der Waals surface area contributed by atoms with E-state index in [0.717, 1.165) is 36.3 Å². The molecule has 0 fully saturated rings. The first kappa shape index (κ1) is 11.0. The van der Waals surface area contributed by atoms with Crippen molar-refractivity contribution in [2.75, 3.05) is 6.61 Å². The minimum Gasteiger partial charge on any atom is -0.493 e. The van der Waals surface area contributed by atoms with Gasteiger partial charge in [-0.2, -0.15) is 0 Å². The van der Waals surface area contributed by atoms with Crippen molar-refractivity contribution in [2.45, 2.75) is 19.8 Å². The Labute approximate surface area is 112 Å². The average molecular weight is 252 g/mol. The molecule has 4 rings (SSSR count). The molecule has 0 aromatic heterocycles. The lowest BCUT2D eigenvalue weighted by atomic mass is 9.61. The van der Waals surface area contributed by atoms with Crippen molar-refractivity contribution in [2.24, 2.45) is 11.3 Å². The summed E-state index contributed by atoms with van der Waals surface area (Å²) in [6, 6.07) is 7.85. The van der Waals surface area contributed by atoms with Gasteiger partial charge in [0, 0.05) is 17.0 Å². The smallest absolute Gasteiger partial charge is 0.173 e. The zero-order valence-electron chi connectivity index (χ0n) is 11.0. The predicted octanol–water partition coefficient (Wildman–Crippen LogP) is 3.60. The Balaban J connectivity index is 2.07. The third-order valence-electron chi connectivity index (χ3n) is 4.70. The molecule has 0 radical (unpaired) electrons. The Bertz CT molecular complexity index is 638. The van der Waals surface area contributed by atoms with Gasteiger partial charge in [-0.3, -0.25) is 4.79 Å². The molecule has 0 amide bonds. The van der Waals surface area contributed by atoms with Gasteiger partial charge in [0.05, 0.1) is 12.0 Å². The van der Waals surface area contributed by atoms with Crippen LogP contribution in [-0.2, 0) is 4.74 Å². The molecule has 2 heteroatoms. The predicted molar refractivity (Wildman–Crippen MR) is 73.6 cm³/mol. The van der Waals surface area contributed by atoms with E-state index >= 15 is 0 Å². The maximum Gasteiger partial charge on any atom is 0.173 e. The molecule has 1 aliphatic heterocycles. The summed E-state index contributed by atoms with van der Waals surface area (Å²) in [6.07, 6.45) is 6.20. The number of fused-ring (bicyclic) bond motifs is 2. The highest BCUT2D eigenvalue weighted by Gasteiger charge is 2.48. The Morgan fingerprint density at radius 1 is 1.26 bits per heavy atom. The van der Waals surface area contributed by atoms with E-state index in [-0.39, 0.29) is 5.78 Å². The van der Waals surface area contributed by atoms with E-state index in [1.54, 1.807) is 0 Å². The summed E-state index contributed by atoms with van der Waals surface area (Å²) >= 11 is 0. The second kappa shape index (κ2) is 3.60. The number of ketones is 1. The number of ether oxygens (including phenoxy) is 1. The van der Waals surface area contributed by atoms with E-state index in [4.69, 9.17) is 4.74 Å². The fourth-order valence-electron chi connectivity index (χ4n) is 3.72. The lowest BCUT2D eigenvalue weighted by molar-refractivity contribution is 0.0817. The average Bonchev–Trinajstić information content (AvgIpc) is 2.45. The topological polar surface area (TPSA) is 26.3 Å². The van der Waals surface area contributed by atoms with Crippen molar-refractivity contribution in [1.82, 2.24) is 0 Å². The SMILES string of the molecule is C[C@@]12CC=C[C@@H]3CCOC(=C31)c1ccccc1C2=O. The molecule has 0 saturated carbocycles. The summed E-state index contributed by atoms with van der Waals surface area (Å²) in [4.78, 5) is 12.9. The molecule has 3 aliphatic rings. The fraction of sp³-hybridized carbons (Fsp3) is 0.353. The van der Waals surface area contributed by atoms with Crippen LogP contribution >= 0.6 is 0 Å². The normalized spacial score (nSPS) is 31.6. The van der Waals surface area contributed by atoms with Crippen LogP contribution in [0.4, 0.5) is 0 Å². The molecule has 0 spiro atoms. The Hall–Kier alpha value is -1.83. The molecule has 0 N–H and O–H groups in total. The van der Waals surface area contributed by atoms with E-state index in [1.807, 2.05) is 24.3 Å². The van der Waals surface area contributed by atoms with Gasteiger partial charge < -0.3 is 4.74 Å². The van der Waals surface area contributed by atoms with Crippen LogP contribution in [0.25, 0.3) is 5.76 Å². The largest absolute Gasteiger partial charge is 0.493 e. The van der Waals surface area contributed by atoms with Crippen LogP contribution in [-0.4, -0.2) is 12.4 Å². The number of allylic oxidation sites excluding steroid dienone is 3. The summed E-state index contributed by atoms with van der Waals surface area (Å²) < 4.78 is 5.95. The van der Waals surface area contributed by atoms with Crippen LogP contribution in [0.5, 0.6) is 0 Å². The maximum atomic E-state index is 12.9. The van der Waals surface area contributed by atoms with Crippen LogP contribution in [0, 0.1) is 11.3 Å². The third-order valence-corrected chi connectivity index (χ3v) is 4.70. The zero-order chi connectivity index (χ0) is 13.0. The Morgan fingerprint density at radius 2 is 2.05 bits per heavy atom. The van der Waals surface area contributed by atoms with E-state index in [1.165, 1.54) is 5.57 Å². The number of carbonyl (C=O) groups excluding carboxylic acids is 1. The van der Waals surface area contributed by atoms with Gasteiger partial charge >= 0.3 is 0 Å². The number of carbonyl (C=O) groups is 1. The van der Waals surface area contributed by atoms with E-state index < -0.39 is 5.41 Å². The summed E-state index contributed by atoms with van der Waals surface area (Å²) in [5, 5.41) is 0. The molecule has 96 valence electrons. The summed E-state index contributed by atoms with van der Waals surface area (Å²) in [6.45, 7) is 2.82. The highest BCUT2D eigenvalue weighted by molar-refractivity contribution is 6.09. The van der Waals surface area contributed by atoms with Crippen molar-refractivity contribution in [3.8, 4) is 0 Å². The lowest BCUT2D eigenvalue weighted by Crippen LogP contribution is -2.41. The lowest BCUT2D eigenvalue weighted by Gasteiger charge is -2.44. The van der Waals surface area contributed by atoms with E-state index in [2.05, 4.69) is 19.1 Å². The van der Waals surface area contributed by atoms with Gasteiger partial charge in [-0.05, 0) is 25.3 Å². The first-order valence-corrected chi connectivity index (χ1v) is 6.90. The molecule has 0 bridgehead atoms. The molecule has 2 aliphatic carbocycles. The van der Waals surface area contributed by atoms with Crippen molar-refractivity contribution in [3.63, 3.8) is 0 Å². The maximum absolute atomic E-state index is 12.9. The molecule has 0 unspecified atom stereocenters. The first-order valence-electron chi connectivity index (χ1n) is 6.90. The van der Waals surface area contributed by atoms with Crippen LogP contribution in [0.2, 0.25) is 0 Å². The van der Waals surface area contributed by atoms with E-state index in [9.17, 15) is 4.79 Å². The molecule has 1 aromatic carbocycles. The van der Waals surface area contributed by atoms with Gasteiger partial charge in [0.15, 0.2) is 5.78 Å². The van der Waals surface area contributed by atoms with Crippen molar-refractivity contribution in [3.05, 3.63) is 53.1 Å². The molecule has 2 nitrogen and oxygen atoms in total. The summed E-state index contributed by atoms with van der Waals surface area (Å²) in [5.74, 6) is 1.60. The molecule has 1 aromatic rings. The first-order chi connectivity index (χ1) is 9.22. The molecule has 2 atom stereocenters. The van der Waals surface area contributed by atoms with Gasteiger partial charge in [-0.25, -0.2) is 0 Å². The molecule has 0 saturated heterocycles. The van der Waals surface area contributed by atoms with Crippen LogP contribution in [0.15, 0.2) is 42.0 Å². The van der Waals surface area contributed by atoms with E-state index in [0.29, 0.717) is 5.92 Å². The van der Waals surface area contributed by atoms with Crippen molar-refractivity contribution >= 4 is 11.5 Å². The quantitative estimate of drug-likeness (QED) is 0.659. The van der Waals surface area contributed by atoms with Crippen LogP contribution in [0.3, 0.4) is 0 Å².